The zero-order valence-corrected chi connectivity index (χ0v) is 10.9. The molecule has 0 rings (SSSR count). The number of nitro groups is 1. The summed E-state index contributed by atoms with van der Waals surface area (Å²) >= 11 is 22.1. The molecule has 0 radical (unpaired) electrons. The van der Waals surface area contributed by atoms with Crippen molar-refractivity contribution in [3.05, 3.63) is 30.4 Å². The number of halogens is 4. The molecule has 0 bridgehead atoms. The molecule has 0 atom stereocenters. The fourth-order valence-corrected chi connectivity index (χ4v) is 1.53. The first-order valence-corrected chi connectivity index (χ1v) is 5.67. The molecule has 0 aromatic rings. The van der Waals surface area contributed by atoms with E-state index in [0.717, 1.165) is 12.8 Å². The van der Waals surface area contributed by atoms with E-state index in [-0.39, 0.29) is 15.1 Å². The highest BCUT2D eigenvalue weighted by Gasteiger charge is 2.19. The predicted octanol–water partition coefficient (Wildman–Crippen LogP) is 4.79. The number of hydrogen-bond donors (Lipinski definition) is 0. The van der Waals surface area contributed by atoms with Crippen molar-refractivity contribution in [1.82, 2.24) is 0 Å². The van der Waals surface area contributed by atoms with Crippen LogP contribution in [0.3, 0.4) is 0 Å². The highest BCUT2D eigenvalue weighted by atomic mass is 35.5. The van der Waals surface area contributed by atoms with Gasteiger partial charge in [-0.15, -0.1) is 0 Å². The molecule has 7 heteroatoms. The van der Waals surface area contributed by atoms with Crippen LogP contribution in [0.5, 0.6) is 0 Å². The first kappa shape index (κ1) is 15.0. The number of allylic oxidation sites excluding steroid dienone is 2. The Bertz CT molecular complexity index is 308. The Labute approximate surface area is 108 Å². The van der Waals surface area contributed by atoms with Gasteiger partial charge in [-0.2, -0.15) is 0 Å². The Morgan fingerprint density at radius 2 is 1.80 bits per heavy atom. The van der Waals surface area contributed by atoms with Crippen molar-refractivity contribution in [1.29, 1.82) is 0 Å². The quantitative estimate of drug-likeness (QED) is 0.316. The minimum atomic E-state index is -0.717. The van der Waals surface area contributed by atoms with Gasteiger partial charge >= 0.3 is 5.16 Å². The second kappa shape index (κ2) is 7.34. The summed E-state index contributed by atoms with van der Waals surface area (Å²) in [7, 11) is 0. The molecule has 0 aromatic heterocycles. The molecule has 15 heavy (non-hydrogen) atoms. The molecule has 0 amide bonds. The summed E-state index contributed by atoms with van der Waals surface area (Å²) in [5.41, 5.74) is 0.171. The normalized spacial score (nSPS) is 12.1. The summed E-state index contributed by atoms with van der Waals surface area (Å²) in [6.07, 6.45) is 1.95. The molecule has 0 aliphatic heterocycles. The molecule has 0 saturated carbocycles. The van der Waals surface area contributed by atoms with E-state index in [2.05, 4.69) is 0 Å². The Morgan fingerprint density at radius 1 is 1.27 bits per heavy atom. The molecule has 3 nitrogen and oxygen atoms in total. The number of unbranched alkanes of at least 4 members (excludes halogenated alkanes) is 1. The molecule has 0 unspecified atom stereocenters. The second-order valence-electron chi connectivity index (χ2n) is 2.70. The largest absolute Gasteiger partial charge is 0.341 e. The van der Waals surface area contributed by atoms with Crippen molar-refractivity contribution in [3.8, 4) is 0 Å². The van der Waals surface area contributed by atoms with Gasteiger partial charge in [0.05, 0.1) is 15.5 Å². The fourth-order valence-electron chi connectivity index (χ4n) is 0.881. The van der Waals surface area contributed by atoms with Crippen molar-refractivity contribution in [2.45, 2.75) is 26.2 Å². The van der Waals surface area contributed by atoms with E-state index in [0.29, 0.717) is 6.42 Å². The molecular weight excluding hydrogens is 284 g/mol. The summed E-state index contributed by atoms with van der Waals surface area (Å²) in [4.78, 5) is 9.76. The van der Waals surface area contributed by atoms with Gasteiger partial charge in [0, 0.05) is 0 Å². The van der Waals surface area contributed by atoms with Gasteiger partial charge in [0.1, 0.15) is 4.49 Å². The monoisotopic (exact) mass is 291 g/mol. The maximum Gasteiger partial charge on any atom is 0.341 e. The Kier molecular flexibility index (Phi) is 7.36. The number of hydrogen-bond acceptors (Lipinski definition) is 2. The molecule has 86 valence electrons. The van der Waals surface area contributed by atoms with Crippen LogP contribution in [0.2, 0.25) is 0 Å². The third-order valence-corrected chi connectivity index (χ3v) is 2.98. The third kappa shape index (κ3) is 5.07. The van der Waals surface area contributed by atoms with Crippen LogP contribution in [0, 0.1) is 10.1 Å². The van der Waals surface area contributed by atoms with Crippen molar-refractivity contribution in [2.24, 2.45) is 0 Å². The van der Waals surface area contributed by atoms with Crippen LogP contribution >= 0.6 is 46.4 Å². The summed E-state index contributed by atoms with van der Waals surface area (Å²) in [5.74, 6) is 0. The first-order chi connectivity index (χ1) is 6.91. The van der Waals surface area contributed by atoms with E-state index in [1.54, 1.807) is 0 Å². The van der Waals surface area contributed by atoms with Crippen LogP contribution in [0.15, 0.2) is 20.3 Å². The maximum atomic E-state index is 10.5. The first-order valence-electron chi connectivity index (χ1n) is 4.16. The van der Waals surface area contributed by atoms with Crippen LogP contribution in [-0.2, 0) is 0 Å². The molecule has 0 aromatic carbocycles. The summed E-state index contributed by atoms with van der Waals surface area (Å²) in [5, 5.41) is 9.88. The van der Waals surface area contributed by atoms with Gasteiger partial charge in [0.25, 0.3) is 0 Å². The third-order valence-electron chi connectivity index (χ3n) is 1.62. The van der Waals surface area contributed by atoms with Crippen molar-refractivity contribution in [2.75, 3.05) is 0 Å². The molecule has 0 spiro atoms. The zero-order valence-electron chi connectivity index (χ0n) is 7.90. The molecule has 0 N–H and O–H groups in total. The molecule has 0 aliphatic carbocycles. The topological polar surface area (TPSA) is 43.1 Å². The van der Waals surface area contributed by atoms with Crippen molar-refractivity contribution in [3.63, 3.8) is 0 Å². The van der Waals surface area contributed by atoms with Crippen LogP contribution in [0.4, 0.5) is 0 Å². The van der Waals surface area contributed by atoms with Gasteiger partial charge in [-0.25, -0.2) is 0 Å². The minimum absolute atomic E-state index is 0.0616. The average Bonchev–Trinajstić information content (AvgIpc) is 2.17. The fraction of sp³-hybridized carbons (Fsp3) is 0.500. The lowest BCUT2D eigenvalue weighted by atomic mass is 10.1. The standard InChI is InChI=1S/C8H9Cl4NO2/c1-2-3-4-5(6(9)7(10)11)8(12)13(14)15/h2-4H2,1H3/b8-5+. The highest BCUT2D eigenvalue weighted by Crippen LogP contribution is 2.32. The molecular formula is C8H9Cl4NO2. The van der Waals surface area contributed by atoms with Gasteiger partial charge < -0.3 is 0 Å². The molecule has 0 fully saturated rings. The van der Waals surface area contributed by atoms with Gasteiger partial charge in [0.15, 0.2) is 0 Å². The Balaban J connectivity index is 5.15. The minimum Gasteiger partial charge on any atom is -0.257 e. The van der Waals surface area contributed by atoms with Gasteiger partial charge in [0.2, 0.25) is 0 Å². The Morgan fingerprint density at radius 3 is 2.13 bits per heavy atom. The van der Waals surface area contributed by atoms with Crippen molar-refractivity contribution < 1.29 is 4.92 Å². The van der Waals surface area contributed by atoms with Gasteiger partial charge in [-0.3, -0.25) is 10.1 Å². The van der Waals surface area contributed by atoms with E-state index in [4.69, 9.17) is 46.4 Å². The van der Waals surface area contributed by atoms with Crippen LogP contribution in [-0.4, -0.2) is 4.92 Å². The van der Waals surface area contributed by atoms with Crippen LogP contribution in [0.25, 0.3) is 0 Å². The van der Waals surface area contributed by atoms with Gasteiger partial charge in [-0.1, -0.05) is 48.1 Å². The lowest BCUT2D eigenvalue weighted by Crippen LogP contribution is -1.99. The smallest absolute Gasteiger partial charge is 0.257 e. The predicted molar refractivity (Wildman–Crippen MR) is 64.0 cm³/mol. The van der Waals surface area contributed by atoms with Gasteiger partial charge in [-0.05, 0) is 24.4 Å². The summed E-state index contributed by atoms with van der Waals surface area (Å²) < 4.78 is -0.220. The second-order valence-corrected chi connectivity index (χ2v) is 4.39. The van der Waals surface area contributed by atoms with E-state index >= 15 is 0 Å². The number of nitrogens with zero attached hydrogens (tertiary/aromatic N) is 1. The van der Waals surface area contributed by atoms with E-state index in [1.165, 1.54) is 0 Å². The highest BCUT2D eigenvalue weighted by molar-refractivity contribution is 6.60. The average molecular weight is 293 g/mol. The molecule has 0 saturated heterocycles. The number of rotatable bonds is 5. The van der Waals surface area contributed by atoms with Crippen LogP contribution in [0.1, 0.15) is 26.2 Å². The van der Waals surface area contributed by atoms with E-state index < -0.39 is 10.1 Å². The maximum absolute atomic E-state index is 10.5. The summed E-state index contributed by atoms with van der Waals surface area (Å²) in [6.45, 7) is 1.94. The SMILES string of the molecule is CCCC/C(C(Cl)=C(Cl)Cl)=C(/Cl)[N+](=O)[O-]. The van der Waals surface area contributed by atoms with E-state index in [9.17, 15) is 10.1 Å². The Hall–Kier alpha value is 0.0400. The zero-order chi connectivity index (χ0) is 12.0. The molecule has 0 aliphatic rings. The van der Waals surface area contributed by atoms with E-state index in [1.807, 2.05) is 6.92 Å². The van der Waals surface area contributed by atoms with Crippen molar-refractivity contribution >= 4 is 46.4 Å². The van der Waals surface area contributed by atoms with Crippen LogP contribution < -0.4 is 0 Å². The lowest BCUT2D eigenvalue weighted by molar-refractivity contribution is -0.413. The lowest BCUT2D eigenvalue weighted by Gasteiger charge is -2.04. The summed E-state index contributed by atoms with van der Waals surface area (Å²) in [6, 6.07) is 0. The molecule has 0 heterocycles.